The minimum absolute atomic E-state index is 0.0647. The third-order valence-corrected chi connectivity index (χ3v) is 2.05. The van der Waals surface area contributed by atoms with Crippen LogP contribution in [0, 0.1) is 0 Å². The maximum Gasteiger partial charge on any atom is 0.307 e. The highest BCUT2D eigenvalue weighted by Crippen LogP contribution is 2.13. The molecule has 0 aliphatic rings. The van der Waals surface area contributed by atoms with E-state index in [1.54, 1.807) is 12.1 Å². The molecule has 82 valence electrons. The average molecular weight is 208 g/mol. The Morgan fingerprint density at radius 3 is 2.53 bits per heavy atom. The summed E-state index contributed by atoms with van der Waals surface area (Å²) < 4.78 is 5.46. The highest BCUT2D eigenvalue weighted by atomic mass is 16.5. The summed E-state index contributed by atoms with van der Waals surface area (Å²) in [5, 5.41) is 8.58. The fourth-order valence-electron chi connectivity index (χ4n) is 1.21. The van der Waals surface area contributed by atoms with Crippen LogP contribution in [0.1, 0.15) is 25.3 Å². The summed E-state index contributed by atoms with van der Waals surface area (Å²) in [5.74, 6) is -0.00719. The summed E-state index contributed by atoms with van der Waals surface area (Å²) >= 11 is 0. The van der Waals surface area contributed by atoms with Crippen molar-refractivity contribution >= 4 is 5.97 Å². The molecule has 0 spiro atoms. The maximum atomic E-state index is 10.4. The molecule has 0 aromatic heterocycles. The minimum Gasteiger partial charge on any atom is -0.494 e. The highest BCUT2D eigenvalue weighted by molar-refractivity contribution is 5.70. The van der Waals surface area contributed by atoms with Crippen LogP contribution in [0.4, 0.5) is 0 Å². The van der Waals surface area contributed by atoms with Crippen molar-refractivity contribution in [1.82, 2.24) is 0 Å². The largest absolute Gasteiger partial charge is 0.494 e. The number of unbranched alkanes of at least 4 members (excludes halogenated alkanes) is 1. The van der Waals surface area contributed by atoms with Crippen molar-refractivity contribution in [2.45, 2.75) is 26.2 Å². The summed E-state index contributed by atoms with van der Waals surface area (Å²) in [6, 6.07) is 7.20. The van der Waals surface area contributed by atoms with E-state index in [4.69, 9.17) is 9.84 Å². The van der Waals surface area contributed by atoms with Crippen molar-refractivity contribution in [3.8, 4) is 5.75 Å². The first-order valence-corrected chi connectivity index (χ1v) is 5.16. The Morgan fingerprint density at radius 1 is 1.33 bits per heavy atom. The van der Waals surface area contributed by atoms with Crippen LogP contribution >= 0.6 is 0 Å². The Hall–Kier alpha value is -1.51. The number of hydrogen-bond acceptors (Lipinski definition) is 2. The van der Waals surface area contributed by atoms with E-state index >= 15 is 0 Å². The van der Waals surface area contributed by atoms with Crippen LogP contribution in [0.5, 0.6) is 5.75 Å². The summed E-state index contributed by atoms with van der Waals surface area (Å²) in [6.07, 6.45) is 2.21. The van der Waals surface area contributed by atoms with Crippen LogP contribution < -0.4 is 4.74 Å². The Morgan fingerprint density at radius 2 is 2.00 bits per heavy atom. The van der Waals surface area contributed by atoms with Gasteiger partial charge in [-0.2, -0.15) is 0 Å². The van der Waals surface area contributed by atoms with E-state index in [1.807, 2.05) is 12.1 Å². The van der Waals surface area contributed by atoms with Crippen LogP contribution in [-0.2, 0) is 11.2 Å². The predicted molar refractivity (Wildman–Crippen MR) is 58.2 cm³/mol. The van der Waals surface area contributed by atoms with Gasteiger partial charge in [0.05, 0.1) is 13.0 Å². The van der Waals surface area contributed by atoms with Gasteiger partial charge in [0.25, 0.3) is 0 Å². The van der Waals surface area contributed by atoms with E-state index in [9.17, 15) is 4.79 Å². The first kappa shape index (κ1) is 11.6. The summed E-state index contributed by atoms with van der Waals surface area (Å²) in [6.45, 7) is 2.83. The van der Waals surface area contributed by atoms with Crippen molar-refractivity contribution in [3.63, 3.8) is 0 Å². The van der Waals surface area contributed by atoms with Crippen LogP contribution in [0.3, 0.4) is 0 Å². The van der Waals surface area contributed by atoms with Gasteiger partial charge in [-0.1, -0.05) is 25.5 Å². The van der Waals surface area contributed by atoms with Gasteiger partial charge < -0.3 is 9.84 Å². The predicted octanol–water partition coefficient (Wildman–Crippen LogP) is 2.49. The van der Waals surface area contributed by atoms with Crippen molar-refractivity contribution in [1.29, 1.82) is 0 Å². The molecule has 0 saturated heterocycles. The molecule has 0 bridgehead atoms. The van der Waals surface area contributed by atoms with Gasteiger partial charge in [0.2, 0.25) is 0 Å². The van der Waals surface area contributed by atoms with Crippen molar-refractivity contribution in [2.24, 2.45) is 0 Å². The Balaban J connectivity index is 2.45. The molecule has 0 fully saturated rings. The van der Waals surface area contributed by atoms with Gasteiger partial charge in [-0.05, 0) is 24.1 Å². The molecule has 0 aliphatic heterocycles. The van der Waals surface area contributed by atoms with Gasteiger partial charge in [0, 0.05) is 0 Å². The van der Waals surface area contributed by atoms with E-state index in [2.05, 4.69) is 6.92 Å². The molecule has 0 amide bonds. The highest BCUT2D eigenvalue weighted by Gasteiger charge is 2.00. The smallest absolute Gasteiger partial charge is 0.307 e. The molecular formula is C12H16O3. The second-order valence-electron chi connectivity index (χ2n) is 3.42. The molecule has 1 rings (SSSR count). The number of ether oxygens (including phenoxy) is 1. The van der Waals surface area contributed by atoms with Crippen molar-refractivity contribution in [3.05, 3.63) is 29.8 Å². The topological polar surface area (TPSA) is 46.5 Å². The quantitative estimate of drug-likeness (QED) is 0.730. The van der Waals surface area contributed by atoms with Gasteiger partial charge in [-0.15, -0.1) is 0 Å². The standard InChI is InChI=1S/C12H16O3/c1-2-3-8-15-11-6-4-10(5-7-11)9-12(13)14/h4-7H,2-3,8-9H2,1H3,(H,13,14). The lowest BCUT2D eigenvalue weighted by molar-refractivity contribution is -0.136. The molecule has 15 heavy (non-hydrogen) atoms. The minimum atomic E-state index is -0.811. The molecule has 1 aromatic carbocycles. The normalized spacial score (nSPS) is 9.93. The lowest BCUT2D eigenvalue weighted by Crippen LogP contribution is -2.00. The van der Waals surface area contributed by atoms with Gasteiger partial charge in [0.15, 0.2) is 0 Å². The molecular weight excluding hydrogens is 192 g/mol. The lowest BCUT2D eigenvalue weighted by atomic mass is 10.1. The third kappa shape index (κ3) is 4.49. The number of aliphatic carboxylic acids is 1. The molecule has 0 aliphatic carbocycles. The number of carboxylic acids is 1. The SMILES string of the molecule is CCCCOc1ccc(CC(=O)O)cc1. The fraction of sp³-hybridized carbons (Fsp3) is 0.417. The first-order chi connectivity index (χ1) is 7.22. The van der Waals surface area contributed by atoms with E-state index in [0.29, 0.717) is 0 Å². The van der Waals surface area contributed by atoms with Crippen molar-refractivity contribution in [2.75, 3.05) is 6.61 Å². The molecule has 0 saturated carbocycles. The van der Waals surface area contributed by atoms with E-state index in [-0.39, 0.29) is 6.42 Å². The van der Waals surface area contributed by atoms with Gasteiger partial charge in [-0.25, -0.2) is 0 Å². The average Bonchev–Trinajstić information content (AvgIpc) is 2.20. The Bertz CT molecular complexity index is 303. The maximum absolute atomic E-state index is 10.4. The summed E-state index contributed by atoms with van der Waals surface area (Å²) in [5.41, 5.74) is 0.797. The lowest BCUT2D eigenvalue weighted by Gasteiger charge is -2.05. The second-order valence-corrected chi connectivity index (χ2v) is 3.42. The zero-order chi connectivity index (χ0) is 11.1. The van der Waals surface area contributed by atoms with Crippen LogP contribution in [0.15, 0.2) is 24.3 Å². The molecule has 3 heteroatoms. The van der Waals surface area contributed by atoms with E-state index < -0.39 is 5.97 Å². The summed E-state index contributed by atoms with van der Waals surface area (Å²) in [4.78, 5) is 10.4. The first-order valence-electron chi connectivity index (χ1n) is 5.16. The fourth-order valence-corrected chi connectivity index (χ4v) is 1.21. The molecule has 1 N–H and O–H groups in total. The number of rotatable bonds is 6. The Kier molecular flexibility index (Phi) is 4.68. The molecule has 0 atom stereocenters. The number of hydrogen-bond donors (Lipinski definition) is 1. The summed E-state index contributed by atoms with van der Waals surface area (Å²) in [7, 11) is 0. The van der Waals surface area contributed by atoms with E-state index in [1.165, 1.54) is 0 Å². The monoisotopic (exact) mass is 208 g/mol. The number of benzene rings is 1. The number of carboxylic acid groups (broad SMARTS) is 1. The Labute approximate surface area is 89.7 Å². The van der Waals surface area contributed by atoms with Crippen LogP contribution in [0.2, 0.25) is 0 Å². The molecule has 0 heterocycles. The molecule has 0 unspecified atom stereocenters. The second kappa shape index (κ2) is 6.06. The zero-order valence-electron chi connectivity index (χ0n) is 8.90. The molecule has 0 radical (unpaired) electrons. The third-order valence-electron chi connectivity index (χ3n) is 2.05. The van der Waals surface area contributed by atoms with Gasteiger partial charge >= 0.3 is 5.97 Å². The zero-order valence-corrected chi connectivity index (χ0v) is 8.90. The van der Waals surface area contributed by atoms with Gasteiger partial charge in [0.1, 0.15) is 5.75 Å². The number of carbonyl (C=O) groups is 1. The van der Waals surface area contributed by atoms with Crippen LogP contribution in [-0.4, -0.2) is 17.7 Å². The van der Waals surface area contributed by atoms with E-state index in [0.717, 1.165) is 30.8 Å². The van der Waals surface area contributed by atoms with Gasteiger partial charge in [-0.3, -0.25) is 4.79 Å². The molecule has 1 aromatic rings. The van der Waals surface area contributed by atoms with Crippen LogP contribution in [0.25, 0.3) is 0 Å². The van der Waals surface area contributed by atoms with Crippen molar-refractivity contribution < 1.29 is 14.6 Å². The molecule has 3 nitrogen and oxygen atoms in total.